The van der Waals surface area contributed by atoms with Crippen LogP contribution in [-0.4, -0.2) is 9.97 Å². The standard InChI is InChI=1S/C16H14N2/c1-2-6-14-12(4-1)10-13-8-7-11-5-3-9-17-15(11)16(13)18-14/h3-6,9-10H,1-2,7-8H2. The second-order valence-corrected chi connectivity index (χ2v) is 4.97. The van der Waals surface area contributed by atoms with Crippen molar-refractivity contribution in [3.8, 4) is 11.4 Å². The predicted molar refractivity (Wildman–Crippen MR) is 72.3 cm³/mol. The molecule has 2 heteroatoms. The van der Waals surface area contributed by atoms with Crippen molar-refractivity contribution in [2.75, 3.05) is 0 Å². The van der Waals surface area contributed by atoms with Crippen LogP contribution in [0.2, 0.25) is 0 Å². The van der Waals surface area contributed by atoms with Crippen LogP contribution >= 0.6 is 0 Å². The fourth-order valence-corrected chi connectivity index (χ4v) is 2.89. The Morgan fingerprint density at radius 3 is 2.83 bits per heavy atom. The summed E-state index contributed by atoms with van der Waals surface area (Å²) in [6, 6.07) is 6.50. The number of hydrogen-bond acceptors (Lipinski definition) is 2. The van der Waals surface area contributed by atoms with E-state index < -0.39 is 0 Å². The van der Waals surface area contributed by atoms with Gasteiger partial charge in [-0.2, -0.15) is 0 Å². The lowest BCUT2D eigenvalue weighted by Gasteiger charge is -2.18. The fourth-order valence-electron chi connectivity index (χ4n) is 2.89. The van der Waals surface area contributed by atoms with E-state index in [-0.39, 0.29) is 0 Å². The summed E-state index contributed by atoms with van der Waals surface area (Å²) in [6.07, 6.45) is 10.8. The largest absolute Gasteiger partial charge is 0.254 e. The molecule has 0 unspecified atom stereocenters. The predicted octanol–water partition coefficient (Wildman–Crippen LogP) is 1.60. The Hall–Kier alpha value is -1.96. The van der Waals surface area contributed by atoms with Crippen LogP contribution in [0.1, 0.15) is 24.0 Å². The third-order valence-corrected chi connectivity index (χ3v) is 3.81. The van der Waals surface area contributed by atoms with Gasteiger partial charge in [0.05, 0.1) is 16.7 Å². The van der Waals surface area contributed by atoms with E-state index in [0.717, 1.165) is 42.4 Å². The highest BCUT2D eigenvalue weighted by molar-refractivity contribution is 5.65. The number of fused-ring (bicyclic) bond motifs is 4. The molecule has 2 aromatic rings. The lowest BCUT2D eigenvalue weighted by Crippen LogP contribution is -2.32. The van der Waals surface area contributed by atoms with Crippen molar-refractivity contribution < 1.29 is 0 Å². The third-order valence-electron chi connectivity index (χ3n) is 3.81. The summed E-state index contributed by atoms with van der Waals surface area (Å²) in [6.45, 7) is 0. The molecular weight excluding hydrogens is 220 g/mol. The number of hydrogen-bond donors (Lipinski definition) is 0. The van der Waals surface area contributed by atoms with Gasteiger partial charge in [-0.25, -0.2) is 4.98 Å². The SMILES string of the molecule is C1=c2cc3c(nc2=CCC1)-c1ncccc1CC3. The molecule has 0 spiro atoms. The monoisotopic (exact) mass is 234 g/mol. The summed E-state index contributed by atoms with van der Waals surface area (Å²) in [4.78, 5) is 9.37. The summed E-state index contributed by atoms with van der Waals surface area (Å²) >= 11 is 0. The first kappa shape index (κ1) is 10.0. The minimum Gasteiger partial charge on any atom is -0.254 e. The quantitative estimate of drug-likeness (QED) is 0.692. The van der Waals surface area contributed by atoms with Crippen LogP contribution in [-0.2, 0) is 12.8 Å². The molecule has 0 saturated heterocycles. The van der Waals surface area contributed by atoms with E-state index in [1.54, 1.807) is 0 Å². The van der Waals surface area contributed by atoms with Gasteiger partial charge in [-0.05, 0) is 54.2 Å². The second-order valence-electron chi connectivity index (χ2n) is 4.97. The number of aromatic nitrogens is 2. The van der Waals surface area contributed by atoms with Crippen molar-refractivity contribution in [2.45, 2.75) is 25.7 Å². The van der Waals surface area contributed by atoms with Crippen molar-refractivity contribution in [3.63, 3.8) is 0 Å². The van der Waals surface area contributed by atoms with E-state index in [4.69, 9.17) is 4.98 Å². The minimum atomic E-state index is 1.08. The van der Waals surface area contributed by atoms with E-state index >= 15 is 0 Å². The molecule has 4 rings (SSSR count). The number of pyridine rings is 2. The topological polar surface area (TPSA) is 25.8 Å². The van der Waals surface area contributed by atoms with Crippen molar-refractivity contribution >= 4 is 12.2 Å². The van der Waals surface area contributed by atoms with Crippen molar-refractivity contribution in [2.24, 2.45) is 0 Å². The average Bonchev–Trinajstić information content (AvgIpc) is 2.45. The molecule has 2 aliphatic carbocycles. The maximum atomic E-state index is 4.85. The summed E-state index contributed by atoms with van der Waals surface area (Å²) in [5, 5.41) is 2.44. The smallest absolute Gasteiger partial charge is 0.0928 e. The second kappa shape index (κ2) is 3.77. The first-order valence-corrected chi connectivity index (χ1v) is 6.56. The highest BCUT2D eigenvalue weighted by Crippen LogP contribution is 2.28. The van der Waals surface area contributed by atoms with Crippen LogP contribution in [0.25, 0.3) is 23.5 Å². The summed E-state index contributed by atoms with van der Waals surface area (Å²) in [5.41, 5.74) is 4.87. The Bertz CT molecular complexity index is 744. The van der Waals surface area contributed by atoms with Gasteiger partial charge < -0.3 is 0 Å². The molecule has 0 fully saturated rings. The van der Waals surface area contributed by atoms with E-state index in [2.05, 4.69) is 29.3 Å². The molecule has 2 aromatic heterocycles. The van der Waals surface area contributed by atoms with Crippen molar-refractivity contribution in [1.29, 1.82) is 0 Å². The normalized spacial score (nSPS) is 15.8. The Labute approximate surface area is 106 Å². The molecule has 2 aliphatic rings. The van der Waals surface area contributed by atoms with E-state index in [1.807, 2.05) is 12.3 Å². The molecule has 18 heavy (non-hydrogen) atoms. The summed E-state index contributed by atoms with van der Waals surface area (Å²) in [7, 11) is 0. The zero-order valence-electron chi connectivity index (χ0n) is 10.2. The van der Waals surface area contributed by atoms with Gasteiger partial charge in [-0.1, -0.05) is 18.2 Å². The summed E-state index contributed by atoms with van der Waals surface area (Å²) < 4.78 is 0. The molecule has 0 aromatic carbocycles. The van der Waals surface area contributed by atoms with Crippen LogP contribution in [0, 0.1) is 0 Å². The molecule has 0 N–H and O–H groups in total. The van der Waals surface area contributed by atoms with Gasteiger partial charge in [-0.3, -0.25) is 4.98 Å². The molecule has 2 nitrogen and oxygen atoms in total. The first-order valence-electron chi connectivity index (χ1n) is 6.56. The molecule has 88 valence electrons. The Balaban J connectivity index is 2.06. The number of aryl methyl sites for hydroxylation is 2. The van der Waals surface area contributed by atoms with Gasteiger partial charge >= 0.3 is 0 Å². The Morgan fingerprint density at radius 1 is 0.944 bits per heavy atom. The maximum absolute atomic E-state index is 4.85. The van der Waals surface area contributed by atoms with Gasteiger partial charge in [0, 0.05) is 6.20 Å². The van der Waals surface area contributed by atoms with Crippen LogP contribution in [0.15, 0.2) is 24.4 Å². The van der Waals surface area contributed by atoms with Crippen molar-refractivity contribution in [1.82, 2.24) is 9.97 Å². The molecular formula is C16H14N2. The van der Waals surface area contributed by atoms with E-state index in [9.17, 15) is 0 Å². The molecule has 0 amide bonds. The van der Waals surface area contributed by atoms with Crippen LogP contribution in [0.4, 0.5) is 0 Å². The van der Waals surface area contributed by atoms with Crippen LogP contribution in [0.3, 0.4) is 0 Å². The summed E-state index contributed by atoms with van der Waals surface area (Å²) in [5.74, 6) is 0. The van der Waals surface area contributed by atoms with Gasteiger partial charge in [0.15, 0.2) is 0 Å². The van der Waals surface area contributed by atoms with Gasteiger partial charge in [0.1, 0.15) is 0 Å². The van der Waals surface area contributed by atoms with Crippen molar-refractivity contribution in [3.05, 3.63) is 46.1 Å². The molecule has 0 saturated carbocycles. The minimum absolute atomic E-state index is 1.08. The van der Waals surface area contributed by atoms with Crippen LogP contribution in [0.5, 0.6) is 0 Å². The lowest BCUT2D eigenvalue weighted by molar-refractivity contribution is 0.901. The third kappa shape index (κ3) is 1.42. The van der Waals surface area contributed by atoms with E-state index in [0.29, 0.717) is 0 Å². The van der Waals surface area contributed by atoms with Gasteiger partial charge in [-0.15, -0.1) is 0 Å². The zero-order chi connectivity index (χ0) is 11.9. The highest BCUT2D eigenvalue weighted by Gasteiger charge is 2.18. The van der Waals surface area contributed by atoms with Crippen LogP contribution < -0.4 is 10.6 Å². The van der Waals surface area contributed by atoms with Gasteiger partial charge in [0.2, 0.25) is 0 Å². The molecule has 0 atom stereocenters. The Morgan fingerprint density at radius 2 is 1.83 bits per heavy atom. The van der Waals surface area contributed by atoms with Gasteiger partial charge in [0.25, 0.3) is 0 Å². The number of nitrogens with zero attached hydrogens (tertiary/aromatic N) is 2. The fraction of sp³-hybridized carbons (Fsp3) is 0.250. The molecule has 0 bridgehead atoms. The lowest BCUT2D eigenvalue weighted by atomic mass is 9.92. The average molecular weight is 234 g/mol. The van der Waals surface area contributed by atoms with E-state index in [1.165, 1.54) is 16.3 Å². The Kier molecular flexibility index (Phi) is 2.10. The highest BCUT2D eigenvalue weighted by atomic mass is 14.8. The number of rotatable bonds is 0. The molecule has 2 heterocycles. The zero-order valence-corrected chi connectivity index (χ0v) is 10.2. The maximum Gasteiger partial charge on any atom is 0.0928 e. The molecule has 0 aliphatic heterocycles. The first-order chi connectivity index (χ1) is 8.92. The molecule has 0 radical (unpaired) electrons.